The fourth-order valence-electron chi connectivity index (χ4n) is 3.61. The zero-order valence-corrected chi connectivity index (χ0v) is 16.4. The van der Waals surface area contributed by atoms with E-state index in [0.717, 1.165) is 36.5 Å². The fraction of sp³-hybridized carbons (Fsp3) is 0.227. The van der Waals surface area contributed by atoms with E-state index in [9.17, 15) is 9.59 Å². The van der Waals surface area contributed by atoms with Crippen LogP contribution in [-0.2, 0) is 4.79 Å². The Labute approximate surface area is 174 Å². The highest BCUT2D eigenvalue weighted by Gasteiger charge is 2.27. The summed E-state index contributed by atoms with van der Waals surface area (Å²) >= 11 is 0. The number of pyridine rings is 1. The molecule has 1 unspecified atom stereocenters. The van der Waals surface area contributed by atoms with Crippen LogP contribution in [0, 0.1) is 5.92 Å². The SMILES string of the molecule is NC(=O)c1ccccc1NC(=O)C1CCCN(c2ccc(-c3ccncc3)nn2)C1. The molecule has 1 atom stereocenters. The first kappa shape index (κ1) is 19.5. The van der Waals surface area contributed by atoms with Crippen molar-refractivity contribution in [3.05, 3.63) is 66.5 Å². The summed E-state index contributed by atoms with van der Waals surface area (Å²) in [6.07, 6.45) is 5.07. The van der Waals surface area contributed by atoms with Crippen LogP contribution in [-0.4, -0.2) is 40.1 Å². The molecule has 2 amide bonds. The normalized spacial score (nSPS) is 16.1. The summed E-state index contributed by atoms with van der Waals surface area (Å²) in [5.41, 5.74) is 7.87. The molecule has 8 heteroatoms. The zero-order chi connectivity index (χ0) is 20.9. The van der Waals surface area contributed by atoms with Crippen LogP contribution in [0.25, 0.3) is 11.3 Å². The number of piperidine rings is 1. The van der Waals surface area contributed by atoms with Gasteiger partial charge in [-0.3, -0.25) is 14.6 Å². The first-order valence-electron chi connectivity index (χ1n) is 9.80. The van der Waals surface area contributed by atoms with Crippen molar-refractivity contribution in [2.45, 2.75) is 12.8 Å². The van der Waals surface area contributed by atoms with Crippen molar-refractivity contribution < 1.29 is 9.59 Å². The average Bonchev–Trinajstić information content (AvgIpc) is 2.80. The molecule has 152 valence electrons. The molecule has 0 spiro atoms. The molecule has 1 aliphatic heterocycles. The van der Waals surface area contributed by atoms with Crippen molar-refractivity contribution in [3.63, 3.8) is 0 Å². The van der Waals surface area contributed by atoms with Crippen LogP contribution in [0.2, 0.25) is 0 Å². The van der Waals surface area contributed by atoms with E-state index in [1.54, 1.807) is 36.7 Å². The van der Waals surface area contributed by atoms with Crippen LogP contribution in [0.3, 0.4) is 0 Å². The van der Waals surface area contributed by atoms with Crippen LogP contribution in [0.1, 0.15) is 23.2 Å². The summed E-state index contributed by atoms with van der Waals surface area (Å²) < 4.78 is 0. The first-order valence-corrected chi connectivity index (χ1v) is 9.80. The second-order valence-electron chi connectivity index (χ2n) is 7.20. The number of aromatic nitrogens is 3. The maximum atomic E-state index is 12.8. The lowest BCUT2D eigenvalue weighted by Gasteiger charge is -2.32. The van der Waals surface area contributed by atoms with Gasteiger partial charge in [-0.1, -0.05) is 12.1 Å². The number of benzene rings is 1. The smallest absolute Gasteiger partial charge is 0.250 e. The molecule has 1 aromatic carbocycles. The fourth-order valence-corrected chi connectivity index (χ4v) is 3.61. The van der Waals surface area contributed by atoms with Gasteiger partial charge >= 0.3 is 0 Å². The average molecular weight is 402 g/mol. The predicted molar refractivity (Wildman–Crippen MR) is 114 cm³/mol. The molecule has 1 aliphatic rings. The third kappa shape index (κ3) is 4.27. The van der Waals surface area contributed by atoms with Gasteiger partial charge in [-0.15, -0.1) is 10.2 Å². The Morgan fingerprint density at radius 2 is 1.83 bits per heavy atom. The van der Waals surface area contributed by atoms with Crippen molar-refractivity contribution in [2.75, 3.05) is 23.3 Å². The highest BCUT2D eigenvalue weighted by atomic mass is 16.2. The molecular weight excluding hydrogens is 380 g/mol. The minimum absolute atomic E-state index is 0.130. The number of carbonyl (C=O) groups excluding carboxylic acids is 2. The second kappa shape index (κ2) is 8.69. The van der Waals surface area contributed by atoms with Gasteiger partial charge in [0.1, 0.15) is 0 Å². The van der Waals surface area contributed by atoms with Crippen LogP contribution in [0.5, 0.6) is 0 Å². The topological polar surface area (TPSA) is 114 Å². The lowest BCUT2D eigenvalue weighted by atomic mass is 9.96. The zero-order valence-electron chi connectivity index (χ0n) is 16.4. The Balaban J connectivity index is 1.44. The van der Waals surface area contributed by atoms with Crippen LogP contribution in [0.4, 0.5) is 11.5 Å². The van der Waals surface area contributed by atoms with E-state index in [4.69, 9.17) is 5.73 Å². The largest absolute Gasteiger partial charge is 0.366 e. The molecule has 8 nitrogen and oxygen atoms in total. The van der Waals surface area contributed by atoms with E-state index < -0.39 is 5.91 Å². The number of rotatable bonds is 5. The first-order chi connectivity index (χ1) is 14.6. The number of amides is 2. The molecule has 2 aromatic heterocycles. The summed E-state index contributed by atoms with van der Waals surface area (Å²) in [7, 11) is 0. The third-order valence-corrected chi connectivity index (χ3v) is 5.19. The van der Waals surface area contributed by atoms with Gasteiger partial charge in [-0.2, -0.15) is 0 Å². The van der Waals surface area contributed by atoms with Gasteiger partial charge in [0.05, 0.1) is 22.9 Å². The Bertz CT molecular complexity index is 1040. The molecule has 3 heterocycles. The summed E-state index contributed by atoms with van der Waals surface area (Å²) in [6, 6.07) is 14.4. The second-order valence-corrected chi connectivity index (χ2v) is 7.20. The van der Waals surface area contributed by atoms with Gasteiger partial charge in [-0.25, -0.2) is 0 Å². The Hall–Kier alpha value is -3.81. The Morgan fingerprint density at radius 3 is 2.57 bits per heavy atom. The number of hydrogen-bond donors (Lipinski definition) is 2. The lowest BCUT2D eigenvalue weighted by Crippen LogP contribution is -2.41. The minimum Gasteiger partial charge on any atom is -0.366 e. The quantitative estimate of drug-likeness (QED) is 0.678. The van der Waals surface area contributed by atoms with Crippen LogP contribution >= 0.6 is 0 Å². The van der Waals surface area contributed by atoms with E-state index in [2.05, 4.69) is 25.4 Å². The molecule has 0 aliphatic carbocycles. The summed E-state index contributed by atoms with van der Waals surface area (Å²) in [4.78, 5) is 30.5. The number of para-hydroxylation sites is 1. The molecule has 4 rings (SSSR count). The molecule has 3 N–H and O–H groups in total. The van der Waals surface area contributed by atoms with E-state index in [0.29, 0.717) is 17.8 Å². The standard InChI is InChI=1S/C22H22N6O2/c23-21(29)17-5-1-2-6-19(17)25-22(30)16-4-3-13-28(14-16)20-8-7-18(26-27-20)15-9-11-24-12-10-15/h1-2,5-12,16H,3-4,13-14H2,(H2,23,29)(H,25,30). The van der Waals surface area contributed by atoms with Crippen LogP contribution in [0.15, 0.2) is 60.9 Å². The lowest BCUT2D eigenvalue weighted by molar-refractivity contribution is -0.120. The van der Waals surface area contributed by atoms with Crippen molar-refractivity contribution in [1.82, 2.24) is 15.2 Å². The number of nitrogens with one attached hydrogen (secondary N) is 1. The molecule has 30 heavy (non-hydrogen) atoms. The number of nitrogens with zero attached hydrogens (tertiary/aromatic N) is 4. The highest BCUT2D eigenvalue weighted by Crippen LogP contribution is 2.25. The van der Waals surface area contributed by atoms with Gasteiger partial charge in [0.25, 0.3) is 5.91 Å². The number of carbonyl (C=O) groups is 2. The van der Waals surface area contributed by atoms with Crippen molar-refractivity contribution >= 4 is 23.3 Å². The van der Waals surface area contributed by atoms with Gasteiger partial charge in [0.15, 0.2) is 5.82 Å². The van der Waals surface area contributed by atoms with Crippen LogP contribution < -0.4 is 16.0 Å². The predicted octanol–water partition coefficient (Wildman–Crippen LogP) is 2.49. The maximum Gasteiger partial charge on any atom is 0.250 e. The number of primary amides is 1. The van der Waals surface area contributed by atoms with E-state index in [1.165, 1.54) is 0 Å². The monoisotopic (exact) mass is 402 g/mol. The van der Waals surface area contributed by atoms with Gasteiger partial charge in [-0.05, 0) is 49.2 Å². The molecule has 1 fully saturated rings. The number of anilines is 2. The maximum absolute atomic E-state index is 12.8. The minimum atomic E-state index is -0.569. The van der Waals surface area contributed by atoms with Gasteiger partial charge < -0.3 is 16.0 Å². The van der Waals surface area contributed by atoms with E-state index in [-0.39, 0.29) is 11.8 Å². The van der Waals surface area contributed by atoms with E-state index in [1.807, 2.05) is 24.3 Å². The molecule has 0 radical (unpaired) electrons. The van der Waals surface area contributed by atoms with Gasteiger partial charge in [0, 0.05) is 31.0 Å². The van der Waals surface area contributed by atoms with Crippen molar-refractivity contribution in [2.24, 2.45) is 11.7 Å². The number of nitrogens with two attached hydrogens (primary N) is 1. The highest BCUT2D eigenvalue weighted by molar-refractivity contribution is 6.03. The molecule has 0 bridgehead atoms. The summed E-state index contributed by atoms with van der Waals surface area (Å²) in [5.74, 6) is -0.181. The van der Waals surface area contributed by atoms with E-state index >= 15 is 0 Å². The van der Waals surface area contributed by atoms with Crippen molar-refractivity contribution in [1.29, 1.82) is 0 Å². The van der Waals surface area contributed by atoms with Gasteiger partial charge in [0.2, 0.25) is 5.91 Å². The Morgan fingerprint density at radius 1 is 1.03 bits per heavy atom. The molecule has 0 saturated carbocycles. The molecular formula is C22H22N6O2. The van der Waals surface area contributed by atoms with Crippen molar-refractivity contribution in [3.8, 4) is 11.3 Å². The summed E-state index contributed by atoms with van der Waals surface area (Å²) in [5, 5.41) is 11.5. The number of hydrogen-bond acceptors (Lipinski definition) is 6. The molecule has 3 aromatic rings. The Kier molecular flexibility index (Phi) is 5.65. The summed E-state index contributed by atoms with van der Waals surface area (Å²) in [6.45, 7) is 1.35. The molecule has 1 saturated heterocycles. The third-order valence-electron chi connectivity index (χ3n) is 5.19.